The van der Waals surface area contributed by atoms with E-state index in [2.05, 4.69) is 46.7 Å². The van der Waals surface area contributed by atoms with E-state index in [9.17, 15) is 4.79 Å². The molecule has 31 heavy (non-hydrogen) atoms. The van der Waals surface area contributed by atoms with E-state index >= 15 is 0 Å². The molecule has 1 aromatic carbocycles. The molecule has 5 rings (SSSR count). The van der Waals surface area contributed by atoms with Gasteiger partial charge in [0.05, 0.1) is 18.5 Å². The number of likely N-dealkylation sites (tertiary alicyclic amines) is 1. The van der Waals surface area contributed by atoms with E-state index in [0.717, 1.165) is 49.4 Å². The fourth-order valence-corrected chi connectivity index (χ4v) is 5.27. The van der Waals surface area contributed by atoms with Crippen LogP contribution in [-0.2, 0) is 11.2 Å². The number of hydrogen-bond acceptors (Lipinski definition) is 5. The highest BCUT2D eigenvalue weighted by Gasteiger charge is 2.35. The first kappa shape index (κ1) is 20.2. The van der Waals surface area contributed by atoms with Gasteiger partial charge in [0.2, 0.25) is 0 Å². The Bertz CT molecular complexity index is 1010. The SMILES string of the molecule is O=C(CN1CCC(Cc2ccccc2)CC1)N1N=C(c2ccsc2)C[C@H]1c1ccco1. The summed E-state index contributed by atoms with van der Waals surface area (Å²) in [7, 11) is 0. The van der Waals surface area contributed by atoms with Gasteiger partial charge in [-0.3, -0.25) is 9.69 Å². The van der Waals surface area contributed by atoms with Crippen LogP contribution in [-0.4, -0.2) is 41.2 Å². The minimum atomic E-state index is -0.159. The van der Waals surface area contributed by atoms with Crippen molar-refractivity contribution < 1.29 is 9.21 Å². The highest BCUT2D eigenvalue weighted by Crippen LogP contribution is 2.33. The van der Waals surface area contributed by atoms with Crippen LogP contribution < -0.4 is 0 Å². The van der Waals surface area contributed by atoms with Gasteiger partial charge in [0, 0.05) is 12.0 Å². The van der Waals surface area contributed by atoms with Crippen molar-refractivity contribution in [2.45, 2.75) is 31.7 Å². The van der Waals surface area contributed by atoms with E-state index < -0.39 is 0 Å². The zero-order valence-corrected chi connectivity index (χ0v) is 18.3. The number of hydrazone groups is 1. The van der Waals surface area contributed by atoms with Crippen LogP contribution in [0.25, 0.3) is 0 Å². The number of rotatable bonds is 6. The largest absolute Gasteiger partial charge is 0.467 e. The van der Waals surface area contributed by atoms with E-state index in [0.29, 0.717) is 18.9 Å². The topological polar surface area (TPSA) is 49.1 Å². The molecule has 0 saturated carbocycles. The van der Waals surface area contributed by atoms with Crippen molar-refractivity contribution in [2.75, 3.05) is 19.6 Å². The number of benzene rings is 1. The van der Waals surface area contributed by atoms with E-state index in [-0.39, 0.29) is 11.9 Å². The van der Waals surface area contributed by atoms with Crippen LogP contribution in [0.2, 0.25) is 0 Å². The van der Waals surface area contributed by atoms with Gasteiger partial charge in [-0.15, -0.1) is 0 Å². The maximum Gasteiger partial charge on any atom is 0.257 e. The molecule has 0 radical (unpaired) electrons. The molecular weight excluding hydrogens is 406 g/mol. The summed E-state index contributed by atoms with van der Waals surface area (Å²) in [5.74, 6) is 1.54. The molecule has 0 aliphatic carbocycles. The summed E-state index contributed by atoms with van der Waals surface area (Å²) in [5.41, 5.74) is 3.46. The second-order valence-electron chi connectivity index (χ2n) is 8.44. The molecule has 160 valence electrons. The molecule has 1 fully saturated rings. The van der Waals surface area contributed by atoms with Gasteiger partial charge in [0.25, 0.3) is 5.91 Å². The summed E-state index contributed by atoms with van der Waals surface area (Å²) in [6, 6.07) is 16.4. The van der Waals surface area contributed by atoms with Gasteiger partial charge in [-0.25, -0.2) is 5.01 Å². The summed E-state index contributed by atoms with van der Waals surface area (Å²) >= 11 is 1.65. The Labute approximate surface area is 187 Å². The third kappa shape index (κ3) is 4.65. The number of hydrogen-bond donors (Lipinski definition) is 0. The molecule has 1 saturated heterocycles. The Balaban J connectivity index is 1.21. The minimum Gasteiger partial charge on any atom is -0.467 e. The third-order valence-electron chi connectivity index (χ3n) is 6.33. The lowest BCUT2D eigenvalue weighted by Crippen LogP contribution is -2.42. The van der Waals surface area contributed by atoms with E-state index in [1.54, 1.807) is 22.6 Å². The van der Waals surface area contributed by atoms with Crippen molar-refractivity contribution in [1.29, 1.82) is 0 Å². The van der Waals surface area contributed by atoms with Crippen LogP contribution >= 0.6 is 11.3 Å². The van der Waals surface area contributed by atoms with Gasteiger partial charge >= 0.3 is 0 Å². The molecule has 0 bridgehead atoms. The predicted molar refractivity (Wildman–Crippen MR) is 123 cm³/mol. The van der Waals surface area contributed by atoms with Crippen LogP contribution in [0, 0.1) is 5.92 Å². The number of piperidine rings is 1. The second kappa shape index (κ2) is 9.20. The summed E-state index contributed by atoms with van der Waals surface area (Å²) in [4.78, 5) is 15.5. The monoisotopic (exact) mass is 433 g/mol. The average molecular weight is 434 g/mol. The van der Waals surface area contributed by atoms with E-state index in [1.165, 1.54) is 5.56 Å². The number of carbonyl (C=O) groups is 1. The van der Waals surface area contributed by atoms with Crippen molar-refractivity contribution >= 4 is 23.0 Å². The van der Waals surface area contributed by atoms with Crippen LogP contribution in [0.4, 0.5) is 0 Å². The van der Waals surface area contributed by atoms with Crippen LogP contribution in [0.1, 0.15) is 42.2 Å². The van der Waals surface area contributed by atoms with Gasteiger partial charge in [-0.2, -0.15) is 16.4 Å². The Hall–Kier alpha value is -2.70. The fourth-order valence-electron chi connectivity index (χ4n) is 4.61. The van der Waals surface area contributed by atoms with Crippen LogP contribution in [0.15, 0.2) is 75.1 Å². The summed E-state index contributed by atoms with van der Waals surface area (Å²) < 4.78 is 5.65. The van der Waals surface area contributed by atoms with Crippen molar-refractivity contribution in [2.24, 2.45) is 11.0 Å². The maximum atomic E-state index is 13.2. The van der Waals surface area contributed by atoms with Crippen LogP contribution in [0.5, 0.6) is 0 Å². The van der Waals surface area contributed by atoms with Gasteiger partial charge < -0.3 is 4.42 Å². The first-order valence-corrected chi connectivity index (χ1v) is 11.9. The molecular formula is C25H27N3O2S. The van der Waals surface area contributed by atoms with E-state index in [1.807, 2.05) is 17.5 Å². The molecule has 0 N–H and O–H groups in total. The van der Waals surface area contributed by atoms with Gasteiger partial charge in [0.1, 0.15) is 11.8 Å². The molecule has 2 aromatic heterocycles. The number of furan rings is 1. The molecule has 1 amide bonds. The Morgan fingerprint density at radius 1 is 1.10 bits per heavy atom. The second-order valence-corrected chi connectivity index (χ2v) is 9.22. The fraction of sp³-hybridized carbons (Fsp3) is 0.360. The molecule has 5 nitrogen and oxygen atoms in total. The van der Waals surface area contributed by atoms with Crippen molar-refractivity contribution in [1.82, 2.24) is 9.91 Å². The Morgan fingerprint density at radius 3 is 2.65 bits per heavy atom. The lowest BCUT2D eigenvalue weighted by molar-refractivity contribution is -0.135. The number of amides is 1. The Morgan fingerprint density at radius 2 is 1.94 bits per heavy atom. The molecule has 2 aliphatic heterocycles. The van der Waals surface area contributed by atoms with Gasteiger partial charge in [-0.1, -0.05) is 30.3 Å². The minimum absolute atomic E-state index is 0.0492. The van der Waals surface area contributed by atoms with Crippen molar-refractivity contribution in [3.05, 3.63) is 82.4 Å². The normalized spacial score (nSPS) is 20.2. The molecule has 3 aromatic rings. The van der Waals surface area contributed by atoms with Crippen molar-refractivity contribution in [3.8, 4) is 0 Å². The smallest absolute Gasteiger partial charge is 0.257 e. The quantitative estimate of drug-likeness (QED) is 0.551. The third-order valence-corrected chi connectivity index (χ3v) is 7.01. The zero-order valence-electron chi connectivity index (χ0n) is 17.5. The van der Waals surface area contributed by atoms with E-state index in [4.69, 9.17) is 9.52 Å². The first-order valence-electron chi connectivity index (χ1n) is 11.0. The Kier molecular flexibility index (Phi) is 6.00. The molecule has 0 unspecified atom stereocenters. The number of carbonyl (C=O) groups excluding carboxylic acids is 1. The summed E-state index contributed by atoms with van der Waals surface area (Å²) in [6.07, 6.45) is 5.75. The molecule has 1 atom stereocenters. The number of thiophene rings is 1. The maximum absolute atomic E-state index is 13.2. The number of nitrogens with zero attached hydrogens (tertiary/aromatic N) is 3. The predicted octanol–water partition coefficient (Wildman–Crippen LogP) is 4.97. The standard InChI is InChI=1S/C25H27N3O2S/c29-25(17-27-11-8-20(9-12-27)15-19-5-2-1-3-6-19)28-23(24-7-4-13-30-24)16-22(26-28)21-10-14-31-18-21/h1-7,10,13-14,18,20,23H,8-9,11-12,15-17H2/t23-/m0/s1. The summed E-state index contributed by atoms with van der Waals surface area (Å²) in [6.45, 7) is 2.34. The van der Waals surface area contributed by atoms with Crippen LogP contribution in [0.3, 0.4) is 0 Å². The first-order chi connectivity index (χ1) is 15.3. The molecule has 4 heterocycles. The molecule has 6 heteroatoms. The lowest BCUT2D eigenvalue weighted by Gasteiger charge is -2.32. The highest BCUT2D eigenvalue weighted by molar-refractivity contribution is 7.08. The molecule has 2 aliphatic rings. The molecule has 0 spiro atoms. The lowest BCUT2D eigenvalue weighted by atomic mass is 9.90. The van der Waals surface area contributed by atoms with Gasteiger partial charge in [0.15, 0.2) is 0 Å². The summed E-state index contributed by atoms with van der Waals surface area (Å²) in [5, 5.41) is 10.5. The average Bonchev–Trinajstić information content (AvgIpc) is 3.56. The van der Waals surface area contributed by atoms with Crippen molar-refractivity contribution in [3.63, 3.8) is 0 Å². The highest BCUT2D eigenvalue weighted by atomic mass is 32.1. The van der Waals surface area contributed by atoms with Gasteiger partial charge in [-0.05, 0) is 72.8 Å². The zero-order chi connectivity index (χ0) is 21.0.